The molecule has 1 amide bonds. The number of aryl methyl sites for hydroxylation is 1. The second kappa shape index (κ2) is 7.72. The summed E-state index contributed by atoms with van der Waals surface area (Å²) in [6, 6.07) is 13.6. The normalized spacial score (nSPS) is 10.6. The highest BCUT2D eigenvalue weighted by atomic mass is 35.5. The Balaban J connectivity index is 1.70. The molecule has 0 saturated heterocycles. The fraction of sp³-hybridized carbons (Fsp3) is 0.105. The summed E-state index contributed by atoms with van der Waals surface area (Å²) in [5, 5.41) is 4.04. The number of fused-ring (bicyclic) bond motifs is 1. The second-order valence-electron chi connectivity index (χ2n) is 5.59. The molecule has 0 aliphatic rings. The third-order valence-corrected chi connectivity index (χ3v) is 4.13. The van der Waals surface area contributed by atoms with Crippen LogP contribution in [0.5, 0.6) is 0 Å². The number of aromatic nitrogens is 1. The van der Waals surface area contributed by atoms with Crippen LogP contribution in [0.4, 0.5) is 5.69 Å². The Kier molecular flexibility index (Phi) is 5.40. The van der Waals surface area contributed by atoms with Gasteiger partial charge in [0, 0.05) is 16.1 Å². The molecule has 3 aromatic rings. The molecule has 5 nitrogen and oxygen atoms in total. The smallest absolute Gasteiger partial charge is 0.339 e. The summed E-state index contributed by atoms with van der Waals surface area (Å²) in [4.78, 5) is 28.6. The molecule has 0 bridgehead atoms. The van der Waals surface area contributed by atoms with Crippen molar-refractivity contribution in [3.8, 4) is 0 Å². The molecule has 0 unspecified atom stereocenters. The predicted molar refractivity (Wildman–Crippen MR) is 102 cm³/mol. The molecule has 0 aliphatic heterocycles. The van der Waals surface area contributed by atoms with Gasteiger partial charge in [-0.2, -0.15) is 0 Å². The monoisotopic (exact) mass is 388 g/mol. The minimum absolute atomic E-state index is 0.178. The number of nitrogens with zero attached hydrogens (tertiary/aromatic N) is 1. The number of pyridine rings is 1. The number of hydrogen-bond acceptors (Lipinski definition) is 4. The fourth-order valence-corrected chi connectivity index (χ4v) is 2.90. The van der Waals surface area contributed by atoms with Crippen LogP contribution in [0.3, 0.4) is 0 Å². The van der Waals surface area contributed by atoms with Crippen LogP contribution in [0.15, 0.2) is 48.5 Å². The van der Waals surface area contributed by atoms with Gasteiger partial charge in [-0.15, -0.1) is 0 Å². The molecule has 2 aromatic carbocycles. The van der Waals surface area contributed by atoms with E-state index in [4.69, 9.17) is 27.9 Å². The van der Waals surface area contributed by atoms with E-state index in [2.05, 4.69) is 10.3 Å². The summed E-state index contributed by atoms with van der Waals surface area (Å²) in [5.41, 5.74) is 2.25. The van der Waals surface area contributed by atoms with Crippen molar-refractivity contribution in [2.45, 2.75) is 6.92 Å². The first-order valence-corrected chi connectivity index (χ1v) is 8.48. The van der Waals surface area contributed by atoms with Crippen molar-refractivity contribution in [1.82, 2.24) is 4.98 Å². The Hall–Kier alpha value is -2.63. The number of carbonyl (C=O) groups excluding carboxylic acids is 2. The highest BCUT2D eigenvalue weighted by Crippen LogP contribution is 2.22. The van der Waals surface area contributed by atoms with Crippen molar-refractivity contribution in [2.24, 2.45) is 0 Å². The molecule has 132 valence electrons. The highest BCUT2D eigenvalue weighted by molar-refractivity contribution is 6.31. The van der Waals surface area contributed by atoms with E-state index in [0.29, 0.717) is 21.6 Å². The van der Waals surface area contributed by atoms with E-state index in [1.807, 2.05) is 6.92 Å². The molecule has 0 fully saturated rings. The van der Waals surface area contributed by atoms with Crippen molar-refractivity contribution >= 4 is 51.7 Å². The average molecular weight is 389 g/mol. The number of esters is 1. The molecule has 0 radical (unpaired) electrons. The van der Waals surface area contributed by atoms with E-state index in [9.17, 15) is 9.59 Å². The van der Waals surface area contributed by atoms with Gasteiger partial charge in [0.15, 0.2) is 6.61 Å². The van der Waals surface area contributed by atoms with Crippen molar-refractivity contribution in [1.29, 1.82) is 0 Å². The molecule has 3 rings (SSSR count). The van der Waals surface area contributed by atoms with Crippen molar-refractivity contribution in [3.05, 3.63) is 69.8 Å². The lowest BCUT2D eigenvalue weighted by Crippen LogP contribution is -2.21. The number of rotatable bonds is 4. The lowest BCUT2D eigenvalue weighted by Gasteiger charge is -2.10. The summed E-state index contributed by atoms with van der Waals surface area (Å²) in [6.45, 7) is 1.40. The molecule has 1 heterocycles. The minimum atomic E-state index is -0.645. The summed E-state index contributed by atoms with van der Waals surface area (Å²) in [6.07, 6.45) is 0. The van der Waals surface area contributed by atoms with Gasteiger partial charge in [-0.25, -0.2) is 9.78 Å². The Bertz CT molecular complexity index is 1010. The number of nitrogens with one attached hydrogen (secondary N) is 1. The lowest BCUT2D eigenvalue weighted by molar-refractivity contribution is -0.119. The zero-order valence-electron chi connectivity index (χ0n) is 13.8. The topological polar surface area (TPSA) is 68.3 Å². The molecular weight excluding hydrogens is 375 g/mol. The van der Waals surface area contributed by atoms with E-state index in [1.54, 1.807) is 42.5 Å². The largest absolute Gasteiger partial charge is 0.452 e. The number of anilines is 1. The number of hydrogen-bond donors (Lipinski definition) is 1. The van der Waals surface area contributed by atoms with Crippen molar-refractivity contribution in [2.75, 3.05) is 11.9 Å². The second-order valence-corrected chi connectivity index (χ2v) is 6.42. The maximum absolute atomic E-state index is 12.4. The zero-order chi connectivity index (χ0) is 18.7. The van der Waals surface area contributed by atoms with Gasteiger partial charge in [-0.05, 0) is 42.8 Å². The van der Waals surface area contributed by atoms with Crippen LogP contribution in [-0.2, 0) is 9.53 Å². The molecule has 26 heavy (non-hydrogen) atoms. The number of carbonyl (C=O) groups is 2. The maximum atomic E-state index is 12.4. The molecule has 0 atom stereocenters. The third kappa shape index (κ3) is 4.12. The predicted octanol–water partition coefficient (Wildman–Crippen LogP) is 4.65. The van der Waals surface area contributed by atoms with E-state index >= 15 is 0 Å². The summed E-state index contributed by atoms with van der Waals surface area (Å²) < 4.78 is 5.13. The lowest BCUT2D eigenvalue weighted by atomic mass is 10.1. The Labute approximate surface area is 159 Å². The third-order valence-electron chi connectivity index (χ3n) is 3.70. The van der Waals surface area contributed by atoms with Gasteiger partial charge >= 0.3 is 5.97 Å². The first-order valence-electron chi connectivity index (χ1n) is 7.72. The number of ether oxygens (including phenoxy) is 1. The van der Waals surface area contributed by atoms with Crippen LogP contribution in [0.25, 0.3) is 10.9 Å². The van der Waals surface area contributed by atoms with Crippen molar-refractivity contribution < 1.29 is 14.3 Å². The summed E-state index contributed by atoms with van der Waals surface area (Å²) in [7, 11) is 0. The Morgan fingerprint density at radius 1 is 1.12 bits per heavy atom. The summed E-state index contributed by atoms with van der Waals surface area (Å²) in [5.74, 6) is -1.10. The van der Waals surface area contributed by atoms with Gasteiger partial charge in [0.2, 0.25) is 0 Å². The first-order chi connectivity index (χ1) is 12.4. The minimum Gasteiger partial charge on any atom is -0.452 e. The van der Waals surface area contributed by atoms with Crippen LogP contribution in [0.1, 0.15) is 15.9 Å². The number of halogens is 2. The van der Waals surface area contributed by atoms with Gasteiger partial charge in [0.1, 0.15) is 5.15 Å². The number of benzene rings is 2. The molecule has 7 heteroatoms. The molecule has 1 aromatic heterocycles. The fourth-order valence-electron chi connectivity index (χ4n) is 2.47. The molecule has 1 N–H and O–H groups in total. The maximum Gasteiger partial charge on any atom is 0.339 e. The van der Waals surface area contributed by atoms with Crippen LogP contribution in [-0.4, -0.2) is 23.5 Å². The van der Waals surface area contributed by atoms with Gasteiger partial charge in [0.25, 0.3) is 5.91 Å². The van der Waals surface area contributed by atoms with Crippen molar-refractivity contribution in [3.63, 3.8) is 0 Å². The van der Waals surface area contributed by atoms with Gasteiger partial charge in [-0.1, -0.05) is 41.4 Å². The molecule has 0 spiro atoms. The van der Waals surface area contributed by atoms with Crippen LogP contribution >= 0.6 is 23.2 Å². The van der Waals surface area contributed by atoms with E-state index in [1.165, 1.54) is 6.07 Å². The van der Waals surface area contributed by atoms with Gasteiger partial charge < -0.3 is 10.1 Å². The van der Waals surface area contributed by atoms with Crippen LogP contribution in [0, 0.1) is 6.92 Å². The standard InChI is InChI=1S/C19H14Cl2N2O3/c1-11-8-12(20)6-7-15(11)23-18(24)10-26-19(25)14-9-17(21)22-16-5-3-2-4-13(14)16/h2-9H,10H2,1H3,(H,23,24). The average Bonchev–Trinajstić information content (AvgIpc) is 2.61. The Morgan fingerprint density at radius 3 is 2.65 bits per heavy atom. The van der Waals surface area contributed by atoms with Gasteiger partial charge in [0.05, 0.1) is 11.1 Å². The first kappa shape index (κ1) is 18.2. The highest BCUT2D eigenvalue weighted by Gasteiger charge is 2.15. The van der Waals surface area contributed by atoms with Crippen LogP contribution in [0.2, 0.25) is 10.2 Å². The van der Waals surface area contributed by atoms with E-state index < -0.39 is 18.5 Å². The molecule has 0 aliphatic carbocycles. The number of amides is 1. The van der Waals surface area contributed by atoms with Gasteiger partial charge in [-0.3, -0.25) is 4.79 Å². The zero-order valence-corrected chi connectivity index (χ0v) is 15.3. The van der Waals surface area contributed by atoms with Crippen LogP contribution < -0.4 is 5.32 Å². The number of para-hydroxylation sites is 1. The molecular formula is C19H14Cl2N2O3. The summed E-state index contributed by atoms with van der Waals surface area (Å²) >= 11 is 11.8. The molecule has 0 saturated carbocycles. The Morgan fingerprint density at radius 2 is 1.88 bits per heavy atom. The SMILES string of the molecule is Cc1cc(Cl)ccc1NC(=O)COC(=O)c1cc(Cl)nc2ccccc12. The quantitative estimate of drug-likeness (QED) is 0.521. The van der Waals surface area contributed by atoms with E-state index in [0.717, 1.165) is 5.56 Å². The van der Waals surface area contributed by atoms with E-state index in [-0.39, 0.29) is 10.7 Å².